The summed E-state index contributed by atoms with van der Waals surface area (Å²) < 4.78 is 0. The Morgan fingerprint density at radius 3 is 2.12 bits per heavy atom. The first-order chi connectivity index (χ1) is 12.1. The minimum Gasteiger partial charge on any atom is -0.507 e. The van der Waals surface area contributed by atoms with Gasteiger partial charge in [-0.3, -0.25) is 30.6 Å². The number of carbonyl (C=O) groups excluding carboxylic acids is 2. The molecule has 0 bridgehead atoms. The first kappa shape index (κ1) is 18.9. The predicted molar refractivity (Wildman–Crippen MR) is 94.8 cm³/mol. The Morgan fingerprint density at radius 2 is 1.58 bits per heavy atom. The van der Waals surface area contributed by atoms with Crippen molar-refractivity contribution < 1.29 is 19.6 Å². The third-order valence-electron chi connectivity index (χ3n) is 3.74. The van der Waals surface area contributed by atoms with Gasteiger partial charge in [-0.2, -0.15) is 0 Å². The molecule has 2 aromatic rings. The van der Waals surface area contributed by atoms with Crippen LogP contribution < -0.4 is 10.9 Å². The van der Waals surface area contributed by atoms with Crippen LogP contribution in [0.5, 0.6) is 5.75 Å². The fraction of sp³-hybridized carbons (Fsp3) is 0.222. The lowest BCUT2D eigenvalue weighted by molar-refractivity contribution is -0.384. The fourth-order valence-electron chi connectivity index (χ4n) is 2.19. The van der Waals surface area contributed by atoms with Crippen LogP contribution in [0.15, 0.2) is 42.5 Å². The van der Waals surface area contributed by atoms with Gasteiger partial charge in [0, 0.05) is 17.7 Å². The van der Waals surface area contributed by atoms with E-state index in [2.05, 4.69) is 10.9 Å². The summed E-state index contributed by atoms with van der Waals surface area (Å²) in [6.07, 6.45) is 0. The molecule has 136 valence electrons. The van der Waals surface area contributed by atoms with Gasteiger partial charge in [0.15, 0.2) is 0 Å². The molecule has 0 fully saturated rings. The highest BCUT2D eigenvalue weighted by atomic mass is 16.6. The van der Waals surface area contributed by atoms with Crippen LogP contribution in [0.3, 0.4) is 0 Å². The van der Waals surface area contributed by atoms with Gasteiger partial charge in [0.1, 0.15) is 5.75 Å². The Morgan fingerprint density at radius 1 is 1.00 bits per heavy atom. The molecule has 0 aliphatic carbocycles. The molecule has 2 rings (SSSR count). The molecule has 0 aliphatic rings. The quantitative estimate of drug-likeness (QED) is 0.576. The van der Waals surface area contributed by atoms with Crippen molar-refractivity contribution >= 4 is 17.5 Å². The topological polar surface area (TPSA) is 122 Å². The molecule has 0 spiro atoms. The van der Waals surface area contributed by atoms with Gasteiger partial charge >= 0.3 is 0 Å². The van der Waals surface area contributed by atoms with Crippen molar-refractivity contribution in [1.29, 1.82) is 0 Å². The Labute approximate surface area is 150 Å². The van der Waals surface area contributed by atoms with Crippen LogP contribution in [0.25, 0.3) is 0 Å². The largest absolute Gasteiger partial charge is 0.507 e. The van der Waals surface area contributed by atoms with Gasteiger partial charge < -0.3 is 5.11 Å². The lowest BCUT2D eigenvalue weighted by Gasteiger charge is -2.19. The highest BCUT2D eigenvalue weighted by molar-refractivity contribution is 6.00. The first-order valence-corrected chi connectivity index (χ1v) is 7.78. The van der Waals surface area contributed by atoms with Crippen molar-refractivity contribution in [2.24, 2.45) is 0 Å². The molecule has 8 nitrogen and oxygen atoms in total. The van der Waals surface area contributed by atoms with E-state index < -0.39 is 22.5 Å². The zero-order valence-electron chi connectivity index (χ0n) is 14.6. The second-order valence-electron chi connectivity index (χ2n) is 6.69. The van der Waals surface area contributed by atoms with Crippen LogP contribution in [0.1, 0.15) is 47.1 Å². The molecule has 3 N–H and O–H groups in total. The van der Waals surface area contributed by atoms with Crippen molar-refractivity contribution in [2.75, 3.05) is 0 Å². The van der Waals surface area contributed by atoms with E-state index in [9.17, 15) is 24.8 Å². The number of non-ortho nitro benzene ring substituents is 1. The van der Waals surface area contributed by atoms with E-state index in [0.717, 1.165) is 23.8 Å². The van der Waals surface area contributed by atoms with E-state index >= 15 is 0 Å². The summed E-state index contributed by atoms with van der Waals surface area (Å²) in [6.45, 7) is 6.15. The van der Waals surface area contributed by atoms with E-state index in [1.807, 2.05) is 32.9 Å². The average Bonchev–Trinajstić information content (AvgIpc) is 2.58. The number of nitro groups is 1. The summed E-state index contributed by atoms with van der Waals surface area (Å²) in [4.78, 5) is 34.2. The van der Waals surface area contributed by atoms with Crippen LogP contribution in [0, 0.1) is 10.1 Å². The normalized spacial score (nSPS) is 10.9. The fourth-order valence-corrected chi connectivity index (χ4v) is 2.19. The monoisotopic (exact) mass is 357 g/mol. The summed E-state index contributed by atoms with van der Waals surface area (Å²) in [5, 5.41) is 20.4. The Bertz CT molecular complexity index is 854. The van der Waals surface area contributed by atoms with Crippen molar-refractivity contribution in [2.45, 2.75) is 26.2 Å². The Kier molecular flexibility index (Phi) is 5.25. The van der Waals surface area contributed by atoms with Crippen LogP contribution in [-0.4, -0.2) is 21.8 Å². The summed E-state index contributed by atoms with van der Waals surface area (Å²) >= 11 is 0. The Balaban J connectivity index is 2.06. The molecule has 0 aromatic heterocycles. The molecule has 0 saturated carbocycles. The van der Waals surface area contributed by atoms with Crippen molar-refractivity contribution in [3.05, 3.63) is 69.3 Å². The van der Waals surface area contributed by atoms with Crippen molar-refractivity contribution in [3.63, 3.8) is 0 Å². The molecule has 0 heterocycles. The number of aromatic hydroxyl groups is 1. The number of carbonyl (C=O) groups is 2. The number of nitro benzene ring substituents is 1. The minimum absolute atomic E-state index is 0.0528. The third kappa shape index (κ3) is 4.35. The van der Waals surface area contributed by atoms with Crippen LogP contribution in [-0.2, 0) is 5.41 Å². The van der Waals surface area contributed by atoms with Gasteiger partial charge in [0.2, 0.25) is 0 Å². The minimum atomic E-state index is -0.870. The third-order valence-corrected chi connectivity index (χ3v) is 3.74. The highest BCUT2D eigenvalue weighted by Crippen LogP contribution is 2.23. The van der Waals surface area contributed by atoms with Gasteiger partial charge in [-0.25, -0.2) is 0 Å². The van der Waals surface area contributed by atoms with E-state index in [4.69, 9.17) is 0 Å². The van der Waals surface area contributed by atoms with Crippen LogP contribution >= 0.6 is 0 Å². The van der Waals surface area contributed by atoms with E-state index in [-0.39, 0.29) is 16.7 Å². The number of nitrogens with one attached hydrogen (secondary N) is 2. The summed E-state index contributed by atoms with van der Waals surface area (Å²) in [5.41, 5.74) is 5.01. The van der Waals surface area contributed by atoms with Crippen molar-refractivity contribution in [1.82, 2.24) is 10.9 Å². The van der Waals surface area contributed by atoms with Crippen LogP contribution in [0.2, 0.25) is 0 Å². The summed E-state index contributed by atoms with van der Waals surface area (Å²) in [6, 6.07) is 9.95. The van der Waals surface area contributed by atoms with E-state index in [1.165, 1.54) is 0 Å². The number of amides is 2. The lowest BCUT2D eigenvalue weighted by Crippen LogP contribution is -2.41. The molecular formula is C18H19N3O5. The number of rotatable bonds is 3. The number of hydrogen-bond acceptors (Lipinski definition) is 5. The molecule has 8 heteroatoms. The number of hydrogen-bond donors (Lipinski definition) is 3. The lowest BCUT2D eigenvalue weighted by atomic mass is 9.87. The molecule has 2 aromatic carbocycles. The molecule has 0 unspecified atom stereocenters. The molecule has 0 aliphatic heterocycles. The highest BCUT2D eigenvalue weighted by Gasteiger charge is 2.18. The molecule has 26 heavy (non-hydrogen) atoms. The zero-order valence-corrected chi connectivity index (χ0v) is 14.6. The molecule has 2 amide bonds. The maximum Gasteiger partial charge on any atom is 0.273 e. The molecule has 0 saturated heterocycles. The van der Waals surface area contributed by atoms with Crippen molar-refractivity contribution in [3.8, 4) is 5.75 Å². The maximum atomic E-state index is 12.1. The second kappa shape index (κ2) is 7.22. The molecular weight excluding hydrogens is 338 g/mol. The van der Waals surface area contributed by atoms with Gasteiger partial charge in [-0.05, 0) is 29.2 Å². The standard InChI is InChI=1S/C18H19N3O5/c1-18(2,3)12-6-4-11(5-7-12)16(23)19-20-17(24)14-10-13(21(25)26)8-9-15(14)22/h4-10,22H,1-3H3,(H,19,23)(H,20,24). The number of phenols is 1. The number of phenolic OH excluding ortho intramolecular Hbond substituents is 1. The smallest absolute Gasteiger partial charge is 0.273 e. The van der Waals surface area contributed by atoms with E-state index in [0.29, 0.717) is 5.56 Å². The van der Waals surface area contributed by atoms with Crippen LogP contribution in [0.4, 0.5) is 5.69 Å². The zero-order chi connectivity index (χ0) is 19.5. The summed E-state index contributed by atoms with van der Waals surface area (Å²) in [5.74, 6) is -1.86. The molecule has 0 radical (unpaired) electrons. The SMILES string of the molecule is CC(C)(C)c1ccc(C(=O)NNC(=O)c2cc([N+](=O)[O-])ccc2O)cc1. The average molecular weight is 357 g/mol. The van der Waals surface area contributed by atoms with Gasteiger partial charge in [0.05, 0.1) is 10.5 Å². The maximum absolute atomic E-state index is 12.1. The van der Waals surface area contributed by atoms with Gasteiger partial charge in [-0.15, -0.1) is 0 Å². The molecule has 0 atom stereocenters. The van der Waals surface area contributed by atoms with Gasteiger partial charge in [0.25, 0.3) is 17.5 Å². The second-order valence-corrected chi connectivity index (χ2v) is 6.69. The van der Waals surface area contributed by atoms with Gasteiger partial charge in [-0.1, -0.05) is 32.9 Å². The van der Waals surface area contributed by atoms with E-state index in [1.54, 1.807) is 12.1 Å². The predicted octanol–water partition coefficient (Wildman–Crippen LogP) is 2.67. The number of hydrazine groups is 1. The first-order valence-electron chi connectivity index (χ1n) is 7.78. The number of benzene rings is 2. The number of nitrogens with zero attached hydrogens (tertiary/aromatic N) is 1. The Hall–Kier alpha value is -3.42. The summed E-state index contributed by atoms with van der Waals surface area (Å²) in [7, 11) is 0.